The third-order valence-corrected chi connectivity index (χ3v) is 2.76. The summed E-state index contributed by atoms with van der Waals surface area (Å²) in [4.78, 5) is 15.3. The van der Waals surface area contributed by atoms with E-state index in [9.17, 15) is 4.79 Å². The van der Waals surface area contributed by atoms with Crippen molar-refractivity contribution in [2.24, 2.45) is 0 Å². The smallest absolute Gasteiger partial charge is 0.331 e. The van der Waals surface area contributed by atoms with Crippen molar-refractivity contribution in [2.45, 2.75) is 6.61 Å². The number of esters is 1. The van der Waals surface area contributed by atoms with Gasteiger partial charge in [-0.1, -0.05) is 30.9 Å². The molecular weight excluding hydrogens is 278 g/mol. The molecule has 0 aliphatic heterocycles. The largest absolute Gasteiger partial charge is 0.489 e. The van der Waals surface area contributed by atoms with Crippen molar-refractivity contribution in [3.05, 3.63) is 78.6 Å². The van der Waals surface area contributed by atoms with Gasteiger partial charge in [-0.2, -0.15) is 0 Å². The van der Waals surface area contributed by atoms with Gasteiger partial charge in [0.05, 0.1) is 0 Å². The lowest BCUT2D eigenvalue weighted by atomic mass is 10.2. The SMILES string of the molecule is C=CCOC(=O)/C=C/c1ccc(OCc2cccnc2)cc1. The third kappa shape index (κ3) is 5.25. The van der Waals surface area contributed by atoms with Gasteiger partial charge in [-0.25, -0.2) is 4.79 Å². The van der Waals surface area contributed by atoms with Crippen LogP contribution in [0.4, 0.5) is 0 Å². The molecule has 112 valence electrons. The Morgan fingerprint density at radius 2 is 2.05 bits per heavy atom. The minimum atomic E-state index is -0.392. The number of pyridine rings is 1. The maximum atomic E-state index is 11.3. The summed E-state index contributed by atoms with van der Waals surface area (Å²) in [5, 5.41) is 0. The Morgan fingerprint density at radius 3 is 2.73 bits per heavy atom. The molecule has 4 nitrogen and oxygen atoms in total. The quantitative estimate of drug-likeness (QED) is 0.446. The minimum Gasteiger partial charge on any atom is -0.489 e. The predicted octanol–water partition coefficient (Wildman–Crippen LogP) is 3.40. The second kappa shape index (κ2) is 8.42. The number of benzene rings is 1. The van der Waals surface area contributed by atoms with E-state index in [2.05, 4.69) is 11.6 Å². The summed E-state index contributed by atoms with van der Waals surface area (Å²) in [6.45, 7) is 4.16. The second-order valence-corrected chi connectivity index (χ2v) is 4.47. The summed E-state index contributed by atoms with van der Waals surface area (Å²) in [6.07, 6.45) is 8.10. The van der Waals surface area contributed by atoms with Crippen LogP contribution in [0.5, 0.6) is 5.75 Å². The fourth-order valence-electron chi connectivity index (χ4n) is 1.68. The van der Waals surface area contributed by atoms with Crippen LogP contribution < -0.4 is 4.74 Å². The van der Waals surface area contributed by atoms with Crippen molar-refractivity contribution < 1.29 is 14.3 Å². The van der Waals surface area contributed by atoms with Gasteiger partial charge in [0, 0.05) is 24.0 Å². The average Bonchev–Trinajstić information content (AvgIpc) is 2.58. The first kappa shape index (κ1) is 15.5. The standard InChI is InChI=1S/C18H17NO3/c1-2-12-21-18(20)10-7-15-5-8-17(9-6-15)22-14-16-4-3-11-19-13-16/h2-11,13H,1,12,14H2/b10-7+. The molecule has 0 fully saturated rings. The number of hydrogen-bond acceptors (Lipinski definition) is 4. The molecule has 0 aliphatic rings. The number of carbonyl (C=O) groups excluding carboxylic acids is 1. The highest BCUT2D eigenvalue weighted by molar-refractivity contribution is 5.87. The maximum Gasteiger partial charge on any atom is 0.331 e. The van der Waals surface area contributed by atoms with E-state index in [1.54, 1.807) is 18.5 Å². The van der Waals surface area contributed by atoms with Crippen molar-refractivity contribution in [2.75, 3.05) is 6.61 Å². The van der Waals surface area contributed by atoms with E-state index in [0.717, 1.165) is 16.9 Å². The lowest BCUT2D eigenvalue weighted by molar-refractivity contribution is -0.136. The normalized spacial score (nSPS) is 10.4. The molecule has 22 heavy (non-hydrogen) atoms. The molecule has 1 aromatic carbocycles. The van der Waals surface area contributed by atoms with Crippen molar-refractivity contribution in [1.29, 1.82) is 0 Å². The van der Waals surface area contributed by atoms with Gasteiger partial charge < -0.3 is 9.47 Å². The zero-order chi connectivity index (χ0) is 15.6. The van der Waals surface area contributed by atoms with Gasteiger partial charge in [-0.05, 0) is 29.8 Å². The first-order valence-corrected chi connectivity index (χ1v) is 6.85. The lowest BCUT2D eigenvalue weighted by Gasteiger charge is -2.06. The summed E-state index contributed by atoms with van der Waals surface area (Å²) in [5.41, 5.74) is 1.90. The average molecular weight is 295 g/mol. The molecule has 0 bridgehead atoms. The van der Waals surface area contributed by atoms with Crippen LogP contribution in [0.15, 0.2) is 67.5 Å². The molecule has 0 spiro atoms. The number of carbonyl (C=O) groups is 1. The van der Waals surface area contributed by atoms with E-state index in [1.807, 2.05) is 36.4 Å². The molecule has 0 atom stereocenters. The molecule has 0 unspecified atom stereocenters. The highest BCUT2D eigenvalue weighted by Gasteiger charge is 1.97. The first-order valence-electron chi connectivity index (χ1n) is 6.85. The number of rotatable bonds is 7. The highest BCUT2D eigenvalue weighted by Crippen LogP contribution is 2.14. The van der Waals surface area contributed by atoms with E-state index in [1.165, 1.54) is 12.2 Å². The van der Waals surface area contributed by atoms with Crippen LogP contribution in [-0.4, -0.2) is 17.6 Å². The van der Waals surface area contributed by atoms with Crippen molar-refractivity contribution in [3.63, 3.8) is 0 Å². The Bertz CT molecular complexity index is 633. The summed E-state index contributed by atoms with van der Waals surface area (Å²) in [5.74, 6) is 0.368. The molecule has 1 heterocycles. The summed E-state index contributed by atoms with van der Waals surface area (Å²) in [6, 6.07) is 11.3. The zero-order valence-electron chi connectivity index (χ0n) is 12.1. The fourth-order valence-corrected chi connectivity index (χ4v) is 1.68. The van der Waals surface area contributed by atoms with Gasteiger partial charge in [0.1, 0.15) is 19.0 Å². The van der Waals surface area contributed by atoms with Gasteiger partial charge in [-0.3, -0.25) is 4.98 Å². The monoisotopic (exact) mass is 295 g/mol. The number of hydrogen-bond donors (Lipinski definition) is 0. The van der Waals surface area contributed by atoms with E-state index < -0.39 is 5.97 Å². The number of nitrogens with zero attached hydrogens (tertiary/aromatic N) is 1. The zero-order valence-corrected chi connectivity index (χ0v) is 12.1. The van der Waals surface area contributed by atoms with Crippen LogP contribution >= 0.6 is 0 Å². The van der Waals surface area contributed by atoms with Crippen LogP contribution in [0.1, 0.15) is 11.1 Å². The molecule has 2 rings (SSSR count). The van der Waals surface area contributed by atoms with Gasteiger partial charge in [0.2, 0.25) is 0 Å². The molecule has 0 N–H and O–H groups in total. The van der Waals surface area contributed by atoms with Crippen LogP contribution in [0.3, 0.4) is 0 Å². The first-order chi connectivity index (χ1) is 10.8. The van der Waals surface area contributed by atoms with Crippen LogP contribution in [0.2, 0.25) is 0 Å². The Hall–Kier alpha value is -2.88. The molecule has 2 aromatic rings. The van der Waals surface area contributed by atoms with E-state index >= 15 is 0 Å². The topological polar surface area (TPSA) is 48.4 Å². The fraction of sp³-hybridized carbons (Fsp3) is 0.111. The Kier molecular flexibility index (Phi) is 5.93. The molecular formula is C18H17NO3. The maximum absolute atomic E-state index is 11.3. The number of aromatic nitrogens is 1. The molecule has 1 aromatic heterocycles. The Balaban J connectivity index is 1.86. The van der Waals surface area contributed by atoms with Crippen molar-refractivity contribution >= 4 is 12.0 Å². The molecule has 0 saturated heterocycles. The van der Waals surface area contributed by atoms with Crippen LogP contribution in [0.25, 0.3) is 6.08 Å². The molecule has 0 saturated carbocycles. The minimum absolute atomic E-state index is 0.213. The Labute approximate surface area is 129 Å². The molecule has 4 heteroatoms. The van der Waals surface area contributed by atoms with Gasteiger partial charge in [0.25, 0.3) is 0 Å². The van der Waals surface area contributed by atoms with E-state index in [-0.39, 0.29) is 6.61 Å². The molecule has 0 aliphatic carbocycles. The summed E-state index contributed by atoms with van der Waals surface area (Å²) < 4.78 is 10.5. The van der Waals surface area contributed by atoms with Crippen LogP contribution in [-0.2, 0) is 16.1 Å². The predicted molar refractivity (Wildman–Crippen MR) is 85.2 cm³/mol. The summed E-state index contributed by atoms with van der Waals surface area (Å²) in [7, 11) is 0. The Morgan fingerprint density at radius 1 is 1.23 bits per heavy atom. The molecule has 0 radical (unpaired) electrons. The number of ether oxygens (including phenoxy) is 2. The highest BCUT2D eigenvalue weighted by atomic mass is 16.5. The second-order valence-electron chi connectivity index (χ2n) is 4.47. The summed E-state index contributed by atoms with van der Waals surface area (Å²) >= 11 is 0. The molecule has 0 amide bonds. The van der Waals surface area contributed by atoms with E-state index in [4.69, 9.17) is 9.47 Å². The van der Waals surface area contributed by atoms with Crippen molar-refractivity contribution in [3.8, 4) is 5.75 Å². The third-order valence-electron chi connectivity index (χ3n) is 2.76. The van der Waals surface area contributed by atoms with Gasteiger partial charge in [0.15, 0.2) is 0 Å². The van der Waals surface area contributed by atoms with Gasteiger partial charge in [-0.15, -0.1) is 0 Å². The van der Waals surface area contributed by atoms with E-state index in [0.29, 0.717) is 6.61 Å². The van der Waals surface area contributed by atoms with Crippen molar-refractivity contribution in [1.82, 2.24) is 4.98 Å². The lowest BCUT2D eigenvalue weighted by Crippen LogP contribution is -1.99. The van der Waals surface area contributed by atoms with Gasteiger partial charge >= 0.3 is 5.97 Å². The van der Waals surface area contributed by atoms with Crippen LogP contribution in [0, 0.1) is 0 Å².